The number of benzene rings is 2. The van der Waals surface area contributed by atoms with Crippen LogP contribution in [0, 0.1) is 6.92 Å². The molecule has 0 spiro atoms. The van der Waals surface area contributed by atoms with Crippen LogP contribution in [0.1, 0.15) is 11.1 Å². The highest BCUT2D eigenvalue weighted by Crippen LogP contribution is 2.15. The van der Waals surface area contributed by atoms with Crippen molar-refractivity contribution in [2.45, 2.75) is 13.5 Å². The van der Waals surface area contributed by atoms with Crippen molar-refractivity contribution in [3.8, 4) is 5.75 Å². The van der Waals surface area contributed by atoms with Crippen molar-refractivity contribution in [2.75, 3.05) is 0 Å². The van der Waals surface area contributed by atoms with Gasteiger partial charge in [-0.05, 0) is 31.2 Å². The van der Waals surface area contributed by atoms with Crippen molar-refractivity contribution < 1.29 is 9.15 Å². The lowest BCUT2D eigenvalue weighted by molar-refractivity contribution is 0.300. The Labute approximate surface area is 116 Å². The van der Waals surface area contributed by atoms with E-state index in [1.165, 1.54) is 5.56 Å². The second-order valence-corrected chi connectivity index (χ2v) is 4.70. The van der Waals surface area contributed by atoms with Crippen LogP contribution in [0.15, 0.2) is 63.8 Å². The van der Waals surface area contributed by atoms with E-state index in [4.69, 9.17) is 9.15 Å². The third-order valence-corrected chi connectivity index (χ3v) is 3.13. The Morgan fingerprint density at radius 3 is 2.60 bits per heavy atom. The van der Waals surface area contributed by atoms with Crippen molar-refractivity contribution in [3.63, 3.8) is 0 Å². The van der Waals surface area contributed by atoms with Gasteiger partial charge in [0.15, 0.2) is 0 Å². The SMILES string of the molecule is Cc1ccc(OCc2cc3ccccc3oc2=O)cc1. The molecule has 2 aromatic carbocycles. The molecule has 0 saturated heterocycles. The number of para-hydroxylation sites is 1. The van der Waals surface area contributed by atoms with Crippen LogP contribution in [0.5, 0.6) is 5.75 Å². The number of fused-ring (bicyclic) bond motifs is 1. The largest absolute Gasteiger partial charge is 0.489 e. The molecule has 0 amide bonds. The summed E-state index contributed by atoms with van der Waals surface area (Å²) in [5.41, 5.74) is 1.93. The quantitative estimate of drug-likeness (QED) is 0.679. The monoisotopic (exact) mass is 266 g/mol. The lowest BCUT2D eigenvalue weighted by atomic mass is 10.2. The highest BCUT2D eigenvalue weighted by atomic mass is 16.5. The van der Waals surface area contributed by atoms with Gasteiger partial charge >= 0.3 is 5.63 Å². The Kier molecular flexibility index (Phi) is 3.25. The van der Waals surface area contributed by atoms with Gasteiger partial charge in [0.05, 0.1) is 5.56 Å². The van der Waals surface area contributed by atoms with Crippen LogP contribution in [0.4, 0.5) is 0 Å². The van der Waals surface area contributed by atoms with Crippen molar-refractivity contribution >= 4 is 11.0 Å². The standard InChI is InChI=1S/C17H14O3/c1-12-6-8-15(9-7-12)19-11-14-10-13-4-2-3-5-16(13)20-17(14)18/h2-10H,11H2,1H3. The molecule has 0 bridgehead atoms. The Morgan fingerprint density at radius 1 is 1.05 bits per heavy atom. The van der Waals surface area contributed by atoms with Gasteiger partial charge in [-0.3, -0.25) is 0 Å². The molecule has 0 aliphatic carbocycles. The van der Waals surface area contributed by atoms with Gasteiger partial charge in [-0.2, -0.15) is 0 Å². The Hall–Kier alpha value is -2.55. The normalized spacial score (nSPS) is 10.7. The average Bonchev–Trinajstić information content (AvgIpc) is 2.47. The van der Waals surface area contributed by atoms with Crippen molar-refractivity contribution in [3.05, 3.63) is 76.1 Å². The minimum absolute atomic E-state index is 0.205. The first-order valence-electron chi connectivity index (χ1n) is 6.43. The summed E-state index contributed by atoms with van der Waals surface area (Å²) in [6.45, 7) is 2.22. The fourth-order valence-electron chi connectivity index (χ4n) is 2.00. The van der Waals surface area contributed by atoms with Crippen LogP contribution in [0.3, 0.4) is 0 Å². The fourth-order valence-corrected chi connectivity index (χ4v) is 2.00. The average molecular weight is 266 g/mol. The molecule has 3 aromatic rings. The third-order valence-electron chi connectivity index (χ3n) is 3.13. The minimum atomic E-state index is -0.351. The Balaban J connectivity index is 1.85. The maximum Gasteiger partial charge on any atom is 0.342 e. The molecule has 100 valence electrons. The molecule has 0 aliphatic rings. The van der Waals surface area contributed by atoms with Gasteiger partial charge in [-0.15, -0.1) is 0 Å². The summed E-state index contributed by atoms with van der Waals surface area (Å²) >= 11 is 0. The topological polar surface area (TPSA) is 39.4 Å². The lowest BCUT2D eigenvalue weighted by Crippen LogP contribution is -2.10. The van der Waals surface area contributed by atoms with E-state index in [0.29, 0.717) is 11.1 Å². The van der Waals surface area contributed by atoms with Gasteiger partial charge in [0.25, 0.3) is 0 Å². The first-order valence-corrected chi connectivity index (χ1v) is 6.43. The van der Waals surface area contributed by atoms with E-state index in [9.17, 15) is 4.79 Å². The van der Waals surface area contributed by atoms with Gasteiger partial charge in [-0.1, -0.05) is 35.9 Å². The summed E-state index contributed by atoms with van der Waals surface area (Å²) in [4.78, 5) is 11.9. The molecular weight excluding hydrogens is 252 g/mol. The van der Waals surface area contributed by atoms with E-state index < -0.39 is 0 Å². The molecule has 3 rings (SSSR count). The molecule has 1 heterocycles. The molecule has 0 atom stereocenters. The molecule has 0 unspecified atom stereocenters. The zero-order chi connectivity index (χ0) is 13.9. The number of aryl methyl sites for hydroxylation is 1. The summed E-state index contributed by atoms with van der Waals surface area (Å²) < 4.78 is 10.9. The van der Waals surface area contributed by atoms with E-state index in [-0.39, 0.29) is 12.2 Å². The van der Waals surface area contributed by atoms with Crippen LogP contribution >= 0.6 is 0 Å². The number of ether oxygens (including phenoxy) is 1. The highest BCUT2D eigenvalue weighted by molar-refractivity contribution is 5.76. The van der Waals surface area contributed by atoms with E-state index in [2.05, 4.69) is 0 Å². The zero-order valence-corrected chi connectivity index (χ0v) is 11.1. The first-order chi connectivity index (χ1) is 9.72. The van der Waals surface area contributed by atoms with Crippen molar-refractivity contribution in [2.24, 2.45) is 0 Å². The van der Waals surface area contributed by atoms with E-state index in [1.54, 1.807) is 6.07 Å². The highest BCUT2D eigenvalue weighted by Gasteiger charge is 2.05. The molecule has 20 heavy (non-hydrogen) atoms. The van der Waals surface area contributed by atoms with Crippen LogP contribution in [-0.2, 0) is 6.61 Å². The molecule has 1 aromatic heterocycles. The second-order valence-electron chi connectivity index (χ2n) is 4.70. The maximum atomic E-state index is 11.9. The second kappa shape index (κ2) is 5.21. The molecule has 3 heteroatoms. The van der Waals surface area contributed by atoms with Crippen molar-refractivity contribution in [1.82, 2.24) is 0 Å². The predicted octanol–water partition coefficient (Wildman–Crippen LogP) is 3.68. The third kappa shape index (κ3) is 2.57. The molecule has 0 N–H and O–H groups in total. The summed E-state index contributed by atoms with van der Waals surface area (Å²) in [5.74, 6) is 0.739. The van der Waals surface area contributed by atoms with E-state index >= 15 is 0 Å². The molecular formula is C17H14O3. The molecule has 0 saturated carbocycles. The predicted molar refractivity (Wildman–Crippen MR) is 78.0 cm³/mol. The molecule has 0 fully saturated rings. The van der Waals surface area contributed by atoms with E-state index in [1.807, 2.05) is 55.5 Å². The van der Waals surface area contributed by atoms with Crippen molar-refractivity contribution in [1.29, 1.82) is 0 Å². The number of rotatable bonds is 3. The fraction of sp³-hybridized carbons (Fsp3) is 0.118. The summed E-state index contributed by atoms with van der Waals surface area (Å²) in [7, 11) is 0. The number of hydrogen-bond donors (Lipinski definition) is 0. The van der Waals surface area contributed by atoms with Crippen LogP contribution in [-0.4, -0.2) is 0 Å². The summed E-state index contributed by atoms with van der Waals surface area (Å²) in [5, 5.41) is 0.898. The van der Waals surface area contributed by atoms with Crippen LogP contribution in [0.2, 0.25) is 0 Å². The van der Waals surface area contributed by atoms with E-state index in [0.717, 1.165) is 11.1 Å². The summed E-state index contributed by atoms with van der Waals surface area (Å²) in [6.07, 6.45) is 0. The van der Waals surface area contributed by atoms with Crippen LogP contribution < -0.4 is 10.4 Å². The molecule has 0 radical (unpaired) electrons. The smallest absolute Gasteiger partial charge is 0.342 e. The maximum absolute atomic E-state index is 11.9. The minimum Gasteiger partial charge on any atom is -0.489 e. The molecule has 0 aliphatic heterocycles. The summed E-state index contributed by atoms with van der Waals surface area (Å²) in [6, 6.07) is 17.0. The van der Waals surface area contributed by atoms with Gasteiger partial charge in [0, 0.05) is 5.39 Å². The van der Waals surface area contributed by atoms with Gasteiger partial charge < -0.3 is 9.15 Å². The lowest BCUT2D eigenvalue weighted by Gasteiger charge is -2.06. The Bertz CT molecular complexity index is 785. The van der Waals surface area contributed by atoms with Gasteiger partial charge in [-0.25, -0.2) is 4.79 Å². The molecule has 3 nitrogen and oxygen atoms in total. The van der Waals surface area contributed by atoms with Gasteiger partial charge in [0.2, 0.25) is 0 Å². The first kappa shape index (κ1) is 12.5. The number of hydrogen-bond acceptors (Lipinski definition) is 3. The van der Waals surface area contributed by atoms with Crippen LogP contribution in [0.25, 0.3) is 11.0 Å². The zero-order valence-electron chi connectivity index (χ0n) is 11.1. The van der Waals surface area contributed by atoms with Gasteiger partial charge in [0.1, 0.15) is 17.9 Å². The Morgan fingerprint density at radius 2 is 1.80 bits per heavy atom.